The van der Waals surface area contributed by atoms with Gasteiger partial charge in [-0.2, -0.15) is 0 Å². The average Bonchev–Trinajstić information content (AvgIpc) is 2.51. The van der Waals surface area contributed by atoms with Gasteiger partial charge in [0.1, 0.15) is 18.1 Å². The number of nitrogens with one attached hydrogen (secondary N) is 1. The van der Waals surface area contributed by atoms with Crippen LogP contribution < -0.4 is 14.8 Å². The van der Waals surface area contributed by atoms with Crippen LogP contribution in [0.15, 0.2) is 48.5 Å². The maximum absolute atomic E-state index is 11.9. The maximum Gasteiger partial charge on any atom is 0.251 e. The number of amides is 1. The van der Waals surface area contributed by atoms with Gasteiger partial charge in [0, 0.05) is 15.2 Å². The molecule has 0 saturated carbocycles. The number of ether oxygens (including phenoxy) is 2. The molecular formula is C16H16INO3. The summed E-state index contributed by atoms with van der Waals surface area (Å²) in [5, 5.41) is 2.83. The Hall–Kier alpha value is -1.76. The highest BCUT2D eigenvalue weighted by molar-refractivity contribution is 14.1. The second-order valence-corrected chi connectivity index (χ2v) is 5.54. The molecule has 0 aliphatic rings. The summed E-state index contributed by atoms with van der Waals surface area (Å²) in [7, 11) is 1.61. The smallest absolute Gasteiger partial charge is 0.251 e. The quantitative estimate of drug-likeness (QED) is 0.602. The standard InChI is InChI=1S/C16H16INO3/c1-20-14-6-3-7-15(11-14)21-9-8-18-16(19)12-4-2-5-13(17)10-12/h2-7,10-11H,8-9H2,1H3,(H,18,19). The van der Waals surface area contributed by atoms with Crippen molar-refractivity contribution in [1.82, 2.24) is 5.32 Å². The molecule has 0 aromatic heterocycles. The van der Waals surface area contributed by atoms with E-state index in [9.17, 15) is 4.79 Å². The third kappa shape index (κ3) is 4.93. The highest BCUT2D eigenvalue weighted by Crippen LogP contribution is 2.18. The molecule has 0 fully saturated rings. The van der Waals surface area contributed by atoms with Crippen molar-refractivity contribution in [3.05, 3.63) is 57.7 Å². The van der Waals surface area contributed by atoms with Gasteiger partial charge in [-0.05, 0) is 52.9 Å². The van der Waals surface area contributed by atoms with Crippen molar-refractivity contribution >= 4 is 28.5 Å². The van der Waals surface area contributed by atoms with E-state index in [2.05, 4.69) is 27.9 Å². The average molecular weight is 397 g/mol. The van der Waals surface area contributed by atoms with Gasteiger partial charge in [-0.25, -0.2) is 0 Å². The van der Waals surface area contributed by atoms with Gasteiger partial charge in [0.05, 0.1) is 13.7 Å². The summed E-state index contributed by atoms with van der Waals surface area (Å²) < 4.78 is 11.7. The molecule has 1 amide bonds. The number of carbonyl (C=O) groups is 1. The lowest BCUT2D eigenvalue weighted by atomic mass is 10.2. The van der Waals surface area contributed by atoms with Gasteiger partial charge in [0.15, 0.2) is 0 Å². The molecule has 0 spiro atoms. The number of rotatable bonds is 6. The summed E-state index contributed by atoms with van der Waals surface area (Å²) in [4.78, 5) is 11.9. The highest BCUT2D eigenvalue weighted by atomic mass is 127. The van der Waals surface area contributed by atoms with Gasteiger partial charge in [-0.3, -0.25) is 4.79 Å². The van der Waals surface area contributed by atoms with Gasteiger partial charge in [0.25, 0.3) is 5.91 Å². The van der Waals surface area contributed by atoms with Crippen LogP contribution in [-0.4, -0.2) is 26.2 Å². The van der Waals surface area contributed by atoms with E-state index in [0.29, 0.717) is 18.7 Å². The van der Waals surface area contributed by atoms with Crippen molar-refractivity contribution < 1.29 is 14.3 Å². The van der Waals surface area contributed by atoms with Crippen LogP contribution in [-0.2, 0) is 0 Å². The lowest BCUT2D eigenvalue weighted by Crippen LogP contribution is -2.28. The van der Waals surface area contributed by atoms with Crippen LogP contribution in [0.5, 0.6) is 11.5 Å². The first kappa shape index (κ1) is 15.6. The van der Waals surface area contributed by atoms with Crippen molar-refractivity contribution in [3.8, 4) is 11.5 Å². The Morgan fingerprint density at radius 2 is 1.90 bits per heavy atom. The summed E-state index contributed by atoms with van der Waals surface area (Å²) in [6.45, 7) is 0.852. The Balaban J connectivity index is 1.78. The molecule has 2 aromatic rings. The van der Waals surface area contributed by atoms with E-state index >= 15 is 0 Å². The first-order valence-corrected chi connectivity index (χ1v) is 7.57. The second kappa shape index (κ2) is 7.87. The van der Waals surface area contributed by atoms with E-state index in [-0.39, 0.29) is 5.91 Å². The predicted molar refractivity (Wildman–Crippen MR) is 90.0 cm³/mol. The van der Waals surface area contributed by atoms with E-state index in [1.807, 2.05) is 36.4 Å². The van der Waals surface area contributed by atoms with Crippen LogP contribution in [0.25, 0.3) is 0 Å². The molecule has 0 heterocycles. The Bertz CT molecular complexity index is 616. The number of halogens is 1. The van der Waals surface area contributed by atoms with Crippen molar-refractivity contribution in [2.24, 2.45) is 0 Å². The first-order chi connectivity index (χ1) is 10.2. The molecule has 110 valence electrons. The van der Waals surface area contributed by atoms with Gasteiger partial charge < -0.3 is 14.8 Å². The van der Waals surface area contributed by atoms with Gasteiger partial charge >= 0.3 is 0 Å². The summed E-state index contributed by atoms with van der Waals surface area (Å²) in [6.07, 6.45) is 0. The molecule has 1 N–H and O–H groups in total. The normalized spacial score (nSPS) is 10.0. The van der Waals surface area contributed by atoms with Gasteiger partial charge in [-0.1, -0.05) is 12.1 Å². The zero-order chi connectivity index (χ0) is 15.1. The zero-order valence-corrected chi connectivity index (χ0v) is 13.8. The molecule has 0 bridgehead atoms. The van der Waals surface area contributed by atoms with Crippen LogP contribution in [0.2, 0.25) is 0 Å². The molecule has 0 atom stereocenters. The predicted octanol–water partition coefficient (Wildman–Crippen LogP) is 3.11. The fraction of sp³-hybridized carbons (Fsp3) is 0.188. The van der Waals surface area contributed by atoms with Crippen LogP contribution in [0.1, 0.15) is 10.4 Å². The van der Waals surface area contributed by atoms with Crippen molar-refractivity contribution in [2.45, 2.75) is 0 Å². The molecule has 0 unspecified atom stereocenters. The van der Waals surface area contributed by atoms with Crippen LogP contribution in [0.3, 0.4) is 0 Å². The molecule has 2 rings (SSSR count). The van der Waals surface area contributed by atoms with E-state index in [1.54, 1.807) is 19.2 Å². The number of hydrogen-bond donors (Lipinski definition) is 1. The first-order valence-electron chi connectivity index (χ1n) is 6.49. The lowest BCUT2D eigenvalue weighted by molar-refractivity contribution is 0.0947. The maximum atomic E-state index is 11.9. The molecular weight excluding hydrogens is 381 g/mol. The number of methoxy groups -OCH3 is 1. The van der Waals surface area contributed by atoms with Crippen molar-refractivity contribution in [1.29, 1.82) is 0 Å². The number of carbonyl (C=O) groups excluding carboxylic acids is 1. The summed E-state index contributed by atoms with van der Waals surface area (Å²) in [5.41, 5.74) is 0.656. The monoisotopic (exact) mass is 397 g/mol. The molecule has 0 radical (unpaired) electrons. The third-order valence-electron chi connectivity index (χ3n) is 2.78. The molecule has 0 aliphatic carbocycles. The van der Waals surface area contributed by atoms with Crippen LogP contribution >= 0.6 is 22.6 Å². The molecule has 4 nitrogen and oxygen atoms in total. The number of benzene rings is 2. The molecule has 21 heavy (non-hydrogen) atoms. The number of hydrogen-bond acceptors (Lipinski definition) is 3. The Morgan fingerprint density at radius 1 is 1.14 bits per heavy atom. The van der Waals surface area contributed by atoms with Crippen molar-refractivity contribution in [3.63, 3.8) is 0 Å². The minimum absolute atomic E-state index is 0.0947. The van der Waals surface area contributed by atoms with E-state index < -0.39 is 0 Å². The van der Waals surface area contributed by atoms with E-state index in [0.717, 1.165) is 15.1 Å². The fourth-order valence-electron chi connectivity index (χ4n) is 1.76. The second-order valence-electron chi connectivity index (χ2n) is 4.29. The molecule has 5 heteroatoms. The Labute approximate surface area is 137 Å². The topological polar surface area (TPSA) is 47.6 Å². The zero-order valence-electron chi connectivity index (χ0n) is 11.6. The summed E-state index contributed by atoms with van der Waals surface area (Å²) in [5.74, 6) is 1.37. The fourth-order valence-corrected chi connectivity index (χ4v) is 2.30. The van der Waals surface area contributed by atoms with Crippen LogP contribution in [0.4, 0.5) is 0 Å². The SMILES string of the molecule is COc1cccc(OCCNC(=O)c2cccc(I)c2)c1. The summed E-state index contributed by atoms with van der Waals surface area (Å²) >= 11 is 2.18. The summed E-state index contributed by atoms with van der Waals surface area (Å²) in [6, 6.07) is 14.8. The minimum Gasteiger partial charge on any atom is -0.497 e. The van der Waals surface area contributed by atoms with Crippen LogP contribution in [0, 0.1) is 3.57 Å². The van der Waals surface area contributed by atoms with E-state index in [1.165, 1.54) is 0 Å². The van der Waals surface area contributed by atoms with Gasteiger partial charge in [-0.15, -0.1) is 0 Å². The minimum atomic E-state index is -0.0947. The highest BCUT2D eigenvalue weighted by Gasteiger charge is 2.05. The van der Waals surface area contributed by atoms with Gasteiger partial charge in [0.2, 0.25) is 0 Å². The molecule has 0 aliphatic heterocycles. The Kier molecular flexibility index (Phi) is 5.86. The van der Waals surface area contributed by atoms with Crippen molar-refractivity contribution in [2.75, 3.05) is 20.3 Å². The molecule has 0 saturated heterocycles. The largest absolute Gasteiger partial charge is 0.497 e. The third-order valence-corrected chi connectivity index (χ3v) is 3.46. The Morgan fingerprint density at radius 3 is 2.67 bits per heavy atom. The molecule has 2 aromatic carbocycles. The lowest BCUT2D eigenvalue weighted by Gasteiger charge is -2.09. The van der Waals surface area contributed by atoms with E-state index in [4.69, 9.17) is 9.47 Å².